The molecule has 0 aliphatic carbocycles. The number of carboxylic acid groups (broad SMARTS) is 1. The van der Waals surface area contributed by atoms with Crippen LogP contribution in [0.1, 0.15) is 85.3 Å². The molecule has 174 valence electrons. The van der Waals surface area contributed by atoms with Crippen LogP contribution in [0, 0.1) is 27.7 Å². The molecule has 0 aromatic heterocycles. The lowest BCUT2D eigenvalue weighted by Gasteiger charge is -2.26. The Hall–Kier alpha value is -2.87. The van der Waals surface area contributed by atoms with Crippen molar-refractivity contribution in [1.29, 1.82) is 0 Å². The number of carboxylic acids is 1. The molecule has 0 spiro atoms. The summed E-state index contributed by atoms with van der Waals surface area (Å²) in [6, 6.07) is 14.5. The largest absolute Gasteiger partial charge is 0.545 e. The van der Waals surface area contributed by atoms with Crippen molar-refractivity contribution in [3.8, 4) is 22.3 Å². The van der Waals surface area contributed by atoms with Gasteiger partial charge in [-0.2, -0.15) is 0 Å². The molecule has 0 saturated carbocycles. The third kappa shape index (κ3) is 4.76. The van der Waals surface area contributed by atoms with Crippen molar-refractivity contribution in [2.75, 3.05) is 0 Å². The highest BCUT2D eigenvalue weighted by molar-refractivity contribution is 6.03. The quantitative estimate of drug-likeness (QED) is 0.431. The summed E-state index contributed by atoms with van der Waals surface area (Å²) in [4.78, 5) is 12.6. The van der Waals surface area contributed by atoms with Gasteiger partial charge in [0.05, 0.1) is 5.97 Å². The van der Waals surface area contributed by atoms with Gasteiger partial charge in [-0.1, -0.05) is 84.0 Å². The van der Waals surface area contributed by atoms with E-state index in [0.717, 1.165) is 44.5 Å². The fourth-order valence-electron chi connectivity index (χ4n) is 4.83. The maximum absolute atomic E-state index is 12.6. The van der Waals surface area contributed by atoms with E-state index in [1.54, 1.807) is 0 Å². The first-order valence-corrected chi connectivity index (χ1v) is 11.7. The Balaban J connectivity index is 2.33. The monoisotopic (exact) mass is 441 g/mol. The van der Waals surface area contributed by atoms with Gasteiger partial charge in [0, 0.05) is 5.56 Å². The molecule has 0 aliphatic rings. The molecular weight excluding hydrogens is 404 g/mol. The molecule has 0 aliphatic heterocycles. The second-order valence-corrected chi connectivity index (χ2v) is 11.5. The average molecular weight is 442 g/mol. The van der Waals surface area contributed by atoms with Gasteiger partial charge in [-0.15, -0.1) is 0 Å². The maximum atomic E-state index is 12.6. The second-order valence-electron chi connectivity index (χ2n) is 11.5. The third-order valence-corrected chi connectivity index (χ3v) is 6.60. The summed E-state index contributed by atoms with van der Waals surface area (Å²) in [6.45, 7) is 21.4. The zero-order valence-electron chi connectivity index (χ0n) is 21.9. The van der Waals surface area contributed by atoms with Crippen LogP contribution in [0.3, 0.4) is 0 Å². The molecule has 0 N–H and O–H groups in total. The molecule has 2 heteroatoms. The van der Waals surface area contributed by atoms with Crippen LogP contribution in [0.15, 0.2) is 42.5 Å². The van der Waals surface area contributed by atoms with Gasteiger partial charge >= 0.3 is 0 Å². The van der Waals surface area contributed by atoms with Crippen molar-refractivity contribution in [2.24, 2.45) is 0 Å². The summed E-state index contributed by atoms with van der Waals surface area (Å²) in [5, 5.41) is 12.6. The van der Waals surface area contributed by atoms with Crippen molar-refractivity contribution in [1.82, 2.24) is 0 Å². The van der Waals surface area contributed by atoms with Crippen molar-refractivity contribution in [3.63, 3.8) is 0 Å². The summed E-state index contributed by atoms with van der Waals surface area (Å²) in [6.07, 6.45) is 0. The number of hydrogen-bond donors (Lipinski definition) is 0. The van der Waals surface area contributed by atoms with E-state index in [9.17, 15) is 9.90 Å². The van der Waals surface area contributed by atoms with Crippen LogP contribution in [-0.4, -0.2) is 5.97 Å². The Morgan fingerprint density at radius 1 is 0.636 bits per heavy atom. The molecule has 3 aromatic rings. The van der Waals surface area contributed by atoms with E-state index in [-0.39, 0.29) is 16.4 Å². The van der Waals surface area contributed by atoms with Gasteiger partial charge in [0.1, 0.15) is 0 Å². The average Bonchev–Trinajstić information content (AvgIpc) is 2.65. The van der Waals surface area contributed by atoms with Gasteiger partial charge in [0.15, 0.2) is 0 Å². The van der Waals surface area contributed by atoms with E-state index >= 15 is 0 Å². The predicted octanol–water partition coefficient (Wildman–Crippen LogP) is 7.21. The molecule has 0 radical (unpaired) electrons. The smallest absolute Gasteiger partial charge is 0.0727 e. The summed E-state index contributed by atoms with van der Waals surface area (Å²) in [5.74, 6) is -1.14. The van der Waals surface area contributed by atoms with Crippen molar-refractivity contribution in [2.45, 2.75) is 80.1 Å². The zero-order valence-corrected chi connectivity index (χ0v) is 21.9. The highest BCUT2D eigenvalue weighted by atomic mass is 16.4. The van der Waals surface area contributed by atoms with E-state index < -0.39 is 5.97 Å². The van der Waals surface area contributed by atoms with E-state index in [1.807, 2.05) is 18.2 Å². The predicted molar refractivity (Wildman–Crippen MR) is 138 cm³/mol. The third-order valence-electron chi connectivity index (χ3n) is 6.60. The molecule has 0 atom stereocenters. The molecule has 0 bridgehead atoms. The Morgan fingerprint density at radius 2 is 0.939 bits per heavy atom. The van der Waals surface area contributed by atoms with E-state index in [2.05, 4.69) is 93.5 Å². The first-order chi connectivity index (χ1) is 15.1. The van der Waals surface area contributed by atoms with E-state index in [0.29, 0.717) is 0 Å². The van der Waals surface area contributed by atoms with Gasteiger partial charge in [0.2, 0.25) is 0 Å². The molecule has 0 fully saturated rings. The second kappa shape index (κ2) is 8.48. The lowest BCUT2D eigenvalue weighted by atomic mass is 9.79. The summed E-state index contributed by atoms with van der Waals surface area (Å²) < 4.78 is 0. The van der Waals surface area contributed by atoms with Crippen LogP contribution in [0.2, 0.25) is 0 Å². The number of hydrogen-bond acceptors (Lipinski definition) is 2. The molecule has 0 amide bonds. The van der Waals surface area contributed by atoms with E-state index in [1.165, 1.54) is 11.1 Å². The van der Waals surface area contributed by atoms with Crippen LogP contribution in [0.4, 0.5) is 0 Å². The number of carbonyl (C=O) groups excluding carboxylic acids is 1. The SMILES string of the molecule is Cc1cc(C(C)(C)C)cc(C)c1-c1cccc(-c2c(C)cc(C(C)(C)C)cc2C)c1C(=O)[O-]. The first-order valence-electron chi connectivity index (χ1n) is 11.7. The number of rotatable bonds is 3. The Bertz CT molecular complexity index is 1100. The molecule has 3 aromatic carbocycles. The van der Waals surface area contributed by atoms with Crippen LogP contribution in [0.25, 0.3) is 22.3 Å². The van der Waals surface area contributed by atoms with Crippen molar-refractivity contribution >= 4 is 5.97 Å². The number of carbonyl (C=O) groups is 1. The van der Waals surface area contributed by atoms with Gasteiger partial charge in [0.25, 0.3) is 0 Å². The van der Waals surface area contributed by atoms with Gasteiger partial charge in [-0.05, 0) is 94.2 Å². The molecule has 2 nitrogen and oxygen atoms in total. The molecule has 0 saturated heterocycles. The fourth-order valence-corrected chi connectivity index (χ4v) is 4.83. The summed E-state index contributed by atoms with van der Waals surface area (Å²) in [7, 11) is 0. The standard InChI is InChI=1S/C31H38O2/c1-18-14-22(30(5,6)7)15-19(2)26(18)24-12-11-13-25(28(24)29(32)33)27-20(3)16-23(17-21(27)4)31(8,9)10/h11-17H,1-10H3,(H,32,33)/p-1. The van der Waals surface area contributed by atoms with Gasteiger partial charge < -0.3 is 9.90 Å². The number of benzene rings is 3. The molecule has 0 heterocycles. The van der Waals surface area contributed by atoms with Gasteiger partial charge in [-0.3, -0.25) is 0 Å². The summed E-state index contributed by atoms with van der Waals surface area (Å²) in [5.41, 5.74) is 10.5. The molecule has 3 rings (SSSR count). The Kier molecular flexibility index (Phi) is 6.37. The fraction of sp³-hybridized carbons (Fsp3) is 0.387. The van der Waals surface area contributed by atoms with Crippen LogP contribution in [-0.2, 0) is 10.8 Å². The number of aryl methyl sites for hydroxylation is 4. The highest BCUT2D eigenvalue weighted by Gasteiger charge is 2.22. The highest BCUT2D eigenvalue weighted by Crippen LogP contribution is 2.40. The topological polar surface area (TPSA) is 40.1 Å². The number of aromatic carboxylic acids is 1. The lowest BCUT2D eigenvalue weighted by Crippen LogP contribution is -2.24. The van der Waals surface area contributed by atoms with Crippen molar-refractivity contribution in [3.05, 3.63) is 81.4 Å². The first kappa shape index (κ1) is 24.8. The van der Waals surface area contributed by atoms with Crippen LogP contribution in [0.5, 0.6) is 0 Å². The molecule has 0 unspecified atom stereocenters. The van der Waals surface area contributed by atoms with Gasteiger partial charge in [-0.25, -0.2) is 0 Å². The minimum absolute atomic E-state index is 0.0239. The molecular formula is C31H37O2-. The normalized spacial score (nSPS) is 12.2. The van der Waals surface area contributed by atoms with Crippen LogP contribution >= 0.6 is 0 Å². The Labute approximate surface area is 199 Å². The zero-order chi connectivity index (χ0) is 24.9. The maximum Gasteiger partial charge on any atom is 0.0727 e. The lowest BCUT2D eigenvalue weighted by molar-refractivity contribution is -0.254. The van der Waals surface area contributed by atoms with Crippen LogP contribution < -0.4 is 5.11 Å². The van der Waals surface area contributed by atoms with E-state index in [4.69, 9.17) is 0 Å². The minimum Gasteiger partial charge on any atom is -0.545 e. The van der Waals surface area contributed by atoms with Crippen molar-refractivity contribution < 1.29 is 9.90 Å². The minimum atomic E-state index is -1.14. The summed E-state index contributed by atoms with van der Waals surface area (Å²) >= 11 is 0. The Morgan fingerprint density at radius 3 is 1.18 bits per heavy atom. The molecule has 33 heavy (non-hydrogen) atoms.